The molecule has 200 valence electrons. The molecule has 0 unspecified atom stereocenters. The minimum absolute atomic E-state index is 0.0102. The number of benzene rings is 2. The van der Waals surface area contributed by atoms with Crippen LogP contribution in [-0.2, 0) is 15.0 Å². The summed E-state index contributed by atoms with van der Waals surface area (Å²) in [5.41, 5.74) is 0.204. The Morgan fingerprint density at radius 1 is 0.757 bits per heavy atom. The van der Waals surface area contributed by atoms with Gasteiger partial charge in [-0.2, -0.15) is 0 Å². The third kappa shape index (κ3) is 6.64. The summed E-state index contributed by atoms with van der Waals surface area (Å²) in [6.45, 7) is 18.2. The van der Waals surface area contributed by atoms with Crippen LogP contribution in [0.3, 0.4) is 0 Å². The molecule has 8 heteroatoms. The molecule has 0 aromatic heterocycles. The fourth-order valence-corrected chi connectivity index (χ4v) is 3.48. The number of aromatic hydroxyl groups is 2. The highest BCUT2D eigenvalue weighted by atomic mass is 16.6. The molecule has 2 rings (SSSR count). The normalized spacial score (nSPS) is 11.0. The number of phenolic OH excluding ortho intramolecular Hbond substituents is 2. The van der Waals surface area contributed by atoms with Gasteiger partial charge in [0.1, 0.15) is 0 Å². The monoisotopic (exact) mass is 512 g/mol. The lowest BCUT2D eigenvalue weighted by molar-refractivity contribution is -0.131. The second kappa shape index (κ2) is 12.3. The van der Waals surface area contributed by atoms with Crippen molar-refractivity contribution in [2.45, 2.75) is 59.8 Å². The number of ether oxygens (including phenoxy) is 4. The van der Waals surface area contributed by atoms with Crippen molar-refractivity contribution in [3.63, 3.8) is 0 Å². The summed E-state index contributed by atoms with van der Waals surface area (Å²) in [5.74, 6) is -1.65. The van der Waals surface area contributed by atoms with E-state index in [-0.39, 0.29) is 58.9 Å². The predicted molar refractivity (Wildman–Crippen MR) is 141 cm³/mol. The molecule has 0 saturated carbocycles. The number of hydrogen-bond donors (Lipinski definition) is 2. The lowest BCUT2D eigenvalue weighted by Gasteiger charge is -2.30. The van der Waals surface area contributed by atoms with E-state index in [2.05, 4.69) is 13.2 Å². The smallest absolute Gasteiger partial charge is 0.338 e. The van der Waals surface area contributed by atoms with Crippen LogP contribution in [-0.4, -0.2) is 35.4 Å². The molecule has 0 saturated heterocycles. The first-order chi connectivity index (χ1) is 17.4. The minimum Gasteiger partial charge on any atom is -0.504 e. The van der Waals surface area contributed by atoms with Crippen LogP contribution in [0.2, 0.25) is 0 Å². The van der Waals surface area contributed by atoms with Crippen LogP contribution >= 0.6 is 0 Å². The van der Waals surface area contributed by atoms with Crippen molar-refractivity contribution in [3.05, 3.63) is 59.7 Å². The van der Waals surface area contributed by atoms with Crippen LogP contribution in [0.4, 0.5) is 0 Å². The molecule has 2 aromatic rings. The van der Waals surface area contributed by atoms with Gasteiger partial charge >= 0.3 is 11.9 Å². The summed E-state index contributed by atoms with van der Waals surface area (Å²) >= 11 is 0. The Morgan fingerprint density at radius 2 is 1.11 bits per heavy atom. The quantitative estimate of drug-likeness (QED) is 0.203. The van der Waals surface area contributed by atoms with Gasteiger partial charge in [-0.1, -0.05) is 53.0 Å². The lowest BCUT2D eigenvalue weighted by Crippen LogP contribution is -2.21. The molecule has 8 nitrogen and oxygen atoms in total. The van der Waals surface area contributed by atoms with Gasteiger partial charge in [0, 0.05) is 27.7 Å². The summed E-state index contributed by atoms with van der Waals surface area (Å²) in [4.78, 5) is 24.2. The highest BCUT2D eigenvalue weighted by molar-refractivity contribution is 5.90. The van der Waals surface area contributed by atoms with Crippen LogP contribution < -0.4 is 18.9 Å². The van der Waals surface area contributed by atoms with Crippen LogP contribution in [0.15, 0.2) is 48.6 Å². The highest BCUT2D eigenvalue weighted by Crippen LogP contribution is 2.51. The van der Waals surface area contributed by atoms with Crippen molar-refractivity contribution < 1.29 is 38.7 Å². The zero-order valence-corrected chi connectivity index (χ0v) is 22.4. The minimum atomic E-state index is -0.989. The fraction of sp³-hybridized carbons (Fsp3) is 0.379. The zero-order valence-electron chi connectivity index (χ0n) is 22.4. The first-order valence-electron chi connectivity index (χ1n) is 12.1. The van der Waals surface area contributed by atoms with E-state index in [0.717, 1.165) is 0 Å². The van der Waals surface area contributed by atoms with Gasteiger partial charge in [0.15, 0.2) is 23.0 Å². The Kier molecular flexibility index (Phi) is 9.77. The number of hydrogen-bond acceptors (Lipinski definition) is 8. The molecule has 2 N–H and O–H groups in total. The summed E-state index contributed by atoms with van der Waals surface area (Å²) in [6, 6.07) is 6.24. The van der Waals surface area contributed by atoms with Crippen LogP contribution in [0.25, 0.3) is 0 Å². The highest BCUT2D eigenvalue weighted by Gasteiger charge is 2.34. The molecule has 0 atom stereocenters. The van der Waals surface area contributed by atoms with E-state index in [1.54, 1.807) is 26.0 Å². The molecule has 0 aliphatic heterocycles. The summed E-state index contributed by atoms with van der Waals surface area (Å²) in [6.07, 6.45) is 1.31. The van der Waals surface area contributed by atoms with E-state index in [1.807, 2.05) is 13.8 Å². The van der Waals surface area contributed by atoms with Crippen molar-refractivity contribution in [3.8, 4) is 34.5 Å². The first-order valence-corrected chi connectivity index (χ1v) is 12.1. The van der Waals surface area contributed by atoms with E-state index >= 15 is 0 Å². The molecule has 0 spiro atoms. The van der Waals surface area contributed by atoms with E-state index in [0.29, 0.717) is 24.0 Å². The standard InChI is InChI=1S/C29H36O8/c1-9-15-34-25-21(36-27(32)17(3)4)13-11-19(23(25)30)29(7,8)20-12-14-22(37-28(33)18(5)6)26(24(20)31)35-16-10-2/h11-14,30-31H,3,5,9-10,15-16H2,1-2,4,6-8H3. The molecule has 0 heterocycles. The molecule has 0 bridgehead atoms. The van der Waals surface area contributed by atoms with Crippen LogP contribution in [0, 0.1) is 0 Å². The second-order valence-corrected chi connectivity index (χ2v) is 9.24. The number of carbonyl (C=O) groups is 2. The van der Waals surface area contributed by atoms with E-state index in [4.69, 9.17) is 18.9 Å². The Morgan fingerprint density at radius 3 is 1.41 bits per heavy atom. The Hall–Kier alpha value is -3.94. The van der Waals surface area contributed by atoms with E-state index in [9.17, 15) is 19.8 Å². The number of esters is 2. The maximum atomic E-state index is 12.1. The van der Waals surface area contributed by atoms with Crippen LogP contribution in [0.5, 0.6) is 34.5 Å². The summed E-state index contributed by atoms with van der Waals surface area (Å²) < 4.78 is 22.2. The Labute approximate surface area is 218 Å². The molecule has 37 heavy (non-hydrogen) atoms. The Balaban J connectivity index is 2.65. The van der Waals surface area contributed by atoms with Gasteiger partial charge in [0.2, 0.25) is 11.5 Å². The van der Waals surface area contributed by atoms with Gasteiger partial charge in [-0.25, -0.2) is 9.59 Å². The average molecular weight is 513 g/mol. The third-order valence-corrected chi connectivity index (χ3v) is 5.54. The molecule has 0 fully saturated rings. The van der Waals surface area contributed by atoms with Crippen molar-refractivity contribution in [2.75, 3.05) is 13.2 Å². The van der Waals surface area contributed by atoms with Crippen LogP contribution in [0.1, 0.15) is 65.5 Å². The van der Waals surface area contributed by atoms with Gasteiger partial charge in [0.05, 0.1) is 13.2 Å². The molecule has 2 aromatic carbocycles. The molecule has 0 aliphatic carbocycles. The average Bonchev–Trinajstić information content (AvgIpc) is 2.82. The largest absolute Gasteiger partial charge is 0.504 e. The van der Waals surface area contributed by atoms with Gasteiger partial charge in [-0.3, -0.25) is 0 Å². The lowest BCUT2D eigenvalue weighted by atomic mass is 9.76. The fourth-order valence-electron chi connectivity index (χ4n) is 3.48. The SMILES string of the molecule is C=C(C)C(=O)Oc1ccc(C(C)(C)c2ccc(OC(=O)C(=C)C)c(OCCC)c2O)c(O)c1OCCC. The molecular weight excluding hydrogens is 476 g/mol. The van der Waals surface area contributed by atoms with Crippen molar-refractivity contribution in [1.29, 1.82) is 0 Å². The number of rotatable bonds is 12. The molecule has 0 aliphatic rings. The van der Waals surface area contributed by atoms with Crippen molar-refractivity contribution in [2.24, 2.45) is 0 Å². The first kappa shape index (κ1) is 29.3. The van der Waals surface area contributed by atoms with E-state index < -0.39 is 17.4 Å². The zero-order chi connectivity index (χ0) is 27.9. The molecule has 0 amide bonds. The molecule has 0 radical (unpaired) electrons. The van der Waals surface area contributed by atoms with Crippen molar-refractivity contribution >= 4 is 11.9 Å². The third-order valence-electron chi connectivity index (χ3n) is 5.54. The Bertz CT molecular complexity index is 1100. The predicted octanol–water partition coefficient (Wildman–Crippen LogP) is 5.96. The number of carbonyl (C=O) groups excluding carboxylic acids is 2. The topological polar surface area (TPSA) is 112 Å². The van der Waals surface area contributed by atoms with Gasteiger partial charge in [-0.15, -0.1) is 0 Å². The number of phenols is 2. The van der Waals surface area contributed by atoms with Crippen molar-refractivity contribution in [1.82, 2.24) is 0 Å². The van der Waals surface area contributed by atoms with Gasteiger partial charge < -0.3 is 29.2 Å². The summed E-state index contributed by atoms with van der Waals surface area (Å²) in [7, 11) is 0. The van der Waals surface area contributed by atoms with Gasteiger partial charge in [-0.05, 0) is 38.8 Å². The maximum absolute atomic E-state index is 12.1. The summed E-state index contributed by atoms with van der Waals surface area (Å²) in [5, 5.41) is 22.5. The maximum Gasteiger partial charge on any atom is 0.338 e. The van der Waals surface area contributed by atoms with Gasteiger partial charge in [0.25, 0.3) is 0 Å². The second-order valence-electron chi connectivity index (χ2n) is 9.24. The molecular formula is C29H36O8. The van der Waals surface area contributed by atoms with E-state index in [1.165, 1.54) is 26.0 Å².